The number of hydrogen-bond acceptors (Lipinski definition) is 4. The Morgan fingerprint density at radius 2 is 2.10 bits per heavy atom. The molecular formula is C17H30N2O2. The number of hydrogen-bond donors (Lipinski definition) is 1. The number of nitrogens with zero attached hydrogens (tertiary/aromatic N) is 1. The van der Waals surface area contributed by atoms with Crippen molar-refractivity contribution in [3.8, 4) is 0 Å². The van der Waals surface area contributed by atoms with E-state index < -0.39 is 0 Å². The molecule has 1 aromatic heterocycles. The van der Waals surface area contributed by atoms with Crippen LogP contribution in [0, 0.1) is 12.8 Å². The number of piperidine rings is 1. The smallest absolute Gasteiger partial charge is 0.120 e. The molecule has 0 bridgehead atoms. The first-order valence-corrected chi connectivity index (χ1v) is 8.11. The third-order valence-corrected chi connectivity index (χ3v) is 4.23. The predicted molar refractivity (Wildman–Crippen MR) is 85.3 cm³/mol. The lowest BCUT2D eigenvalue weighted by atomic mass is 9.98. The molecule has 4 nitrogen and oxygen atoms in total. The summed E-state index contributed by atoms with van der Waals surface area (Å²) >= 11 is 0. The lowest BCUT2D eigenvalue weighted by Crippen LogP contribution is -2.34. The van der Waals surface area contributed by atoms with E-state index in [9.17, 15) is 0 Å². The van der Waals surface area contributed by atoms with Crippen LogP contribution in [0.25, 0.3) is 0 Å². The van der Waals surface area contributed by atoms with Gasteiger partial charge in [0.15, 0.2) is 0 Å². The molecule has 2 rings (SSSR count). The van der Waals surface area contributed by atoms with Gasteiger partial charge in [-0.15, -0.1) is 0 Å². The Morgan fingerprint density at radius 3 is 2.71 bits per heavy atom. The lowest BCUT2D eigenvalue weighted by Gasteiger charge is -2.30. The number of furan rings is 1. The molecule has 21 heavy (non-hydrogen) atoms. The first-order valence-electron chi connectivity index (χ1n) is 8.11. The molecule has 120 valence electrons. The number of rotatable bonds is 7. The van der Waals surface area contributed by atoms with Crippen molar-refractivity contribution in [2.24, 2.45) is 5.92 Å². The summed E-state index contributed by atoms with van der Waals surface area (Å²) in [4.78, 5) is 2.49. The van der Waals surface area contributed by atoms with Gasteiger partial charge in [0.2, 0.25) is 0 Å². The van der Waals surface area contributed by atoms with Gasteiger partial charge in [-0.25, -0.2) is 0 Å². The molecule has 2 heterocycles. The van der Waals surface area contributed by atoms with Crippen molar-refractivity contribution in [2.45, 2.75) is 52.7 Å². The van der Waals surface area contributed by atoms with E-state index in [0.717, 1.165) is 50.2 Å². The molecule has 0 spiro atoms. The molecule has 1 aliphatic rings. The summed E-state index contributed by atoms with van der Waals surface area (Å²) in [5.74, 6) is 2.90. The van der Waals surface area contributed by atoms with Gasteiger partial charge in [-0.1, -0.05) is 13.8 Å². The molecule has 1 aliphatic heterocycles. The molecule has 4 heteroatoms. The molecule has 0 amide bonds. The minimum absolute atomic E-state index is 0.484. The maximum Gasteiger partial charge on any atom is 0.120 e. The van der Waals surface area contributed by atoms with E-state index in [4.69, 9.17) is 9.15 Å². The van der Waals surface area contributed by atoms with Crippen molar-refractivity contribution in [3.05, 3.63) is 23.2 Å². The van der Waals surface area contributed by atoms with Gasteiger partial charge in [0.1, 0.15) is 11.5 Å². The number of likely N-dealkylation sites (tertiary alicyclic amines) is 1. The molecule has 0 aromatic carbocycles. The highest BCUT2D eigenvalue weighted by atomic mass is 16.5. The predicted octanol–water partition coefficient (Wildman–Crippen LogP) is 2.94. The summed E-state index contributed by atoms with van der Waals surface area (Å²) in [5.41, 5.74) is 1.26. The van der Waals surface area contributed by atoms with Crippen molar-refractivity contribution in [3.63, 3.8) is 0 Å². The van der Waals surface area contributed by atoms with E-state index in [1.54, 1.807) is 7.11 Å². The van der Waals surface area contributed by atoms with E-state index in [1.807, 2.05) is 0 Å². The zero-order chi connectivity index (χ0) is 15.2. The Morgan fingerprint density at radius 1 is 1.38 bits per heavy atom. The van der Waals surface area contributed by atoms with Crippen LogP contribution in [0.4, 0.5) is 0 Å². The monoisotopic (exact) mass is 294 g/mol. The molecular weight excluding hydrogens is 264 g/mol. The Bertz CT molecular complexity index is 420. The molecule has 1 saturated heterocycles. The standard InChI is InChI=1S/C17H30N2O2/c1-13(2)18-10-17-14(3)9-16(21-17)11-19-7-5-15(6-8-19)12-20-4/h9,13,15,18H,5-8,10-12H2,1-4H3. The van der Waals surface area contributed by atoms with Gasteiger partial charge in [-0.3, -0.25) is 4.90 Å². The van der Waals surface area contributed by atoms with Gasteiger partial charge in [-0.2, -0.15) is 0 Å². The quantitative estimate of drug-likeness (QED) is 0.839. The summed E-state index contributed by atoms with van der Waals surface area (Å²) in [6.07, 6.45) is 2.46. The number of aryl methyl sites for hydroxylation is 1. The second kappa shape index (κ2) is 7.97. The topological polar surface area (TPSA) is 37.6 Å². The van der Waals surface area contributed by atoms with Crippen molar-refractivity contribution in [1.82, 2.24) is 10.2 Å². The maximum absolute atomic E-state index is 6.01. The van der Waals surface area contributed by atoms with Gasteiger partial charge in [0.25, 0.3) is 0 Å². The molecule has 1 fully saturated rings. The fourth-order valence-corrected chi connectivity index (χ4v) is 2.91. The van der Waals surface area contributed by atoms with E-state index in [-0.39, 0.29) is 0 Å². The van der Waals surface area contributed by atoms with Crippen molar-refractivity contribution < 1.29 is 9.15 Å². The molecule has 0 aliphatic carbocycles. The van der Waals surface area contributed by atoms with Crippen LogP contribution >= 0.6 is 0 Å². The van der Waals surface area contributed by atoms with Gasteiger partial charge in [-0.05, 0) is 50.4 Å². The number of nitrogens with one attached hydrogen (secondary N) is 1. The van der Waals surface area contributed by atoms with Crippen LogP contribution in [0.1, 0.15) is 43.8 Å². The third kappa shape index (κ3) is 5.13. The molecule has 1 aromatic rings. The number of ether oxygens (including phenoxy) is 1. The fourth-order valence-electron chi connectivity index (χ4n) is 2.91. The van der Waals surface area contributed by atoms with Crippen molar-refractivity contribution in [1.29, 1.82) is 0 Å². The van der Waals surface area contributed by atoms with Gasteiger partial charge < -0.3 is 14.5 Å². The lowest BCUT2D eigenvalue weighted by molar-refractivity contribution is 0.0937. The van der Waals surface area contributed by atoms with E-state index in [2.05, 4.69) is 37.1 Å². The highest BCUT2D eigenvalue weighted by molar-refractivity contribution is 5.20. The Balaban J connectivity index is 1.82. The van der Waals surface area contributed by atoms with Crippen LogP contribution in [0.2, 0.25) is 0 Å². The Labute approximate surface area is 128 Å². The van der Waals surface area contributed by atoms with Crippen LogP contribution in [0.5, 0.6) is 0 Å². The Hall–Kier alpha value is -0.840. The maximum atomic E-state index is 6.01. The van der Waals surface area contributed by atoms with Crippen molar-refractivity contribution >= 4 is 0 Å². The summed E-state index contributed by atoms with van der Waals surface area (Å²) in [7, 11) is 1.80. The second-order valence-corrected chi connectivity index (χ2v) is 6.53. The molecule has 1 N–H and O–H groups in total. The first-order chi connectivity index (χ1) is 10.1. The zero-order valence-corrected chi connectivity index (χ0v) is 13.9. The van der Waals surface area contributed by atoms with E-state index >= 15 is 0 Å². The summed E-state index contributed by atoms with van der Waals surface area (Å²) in [6, 6.07) is 2.68. The van der Waals surface area contributed by atoms with Crippen LogP contribution < -0.4 is 5.32 Å². The normalized spacial score (nSPS) is 17.8. The van der Waals surface area contributed by atoms with Gasteiger partial charge in [0, 0.05) is 19.8 Å². The van der Waals surface area contributed by atoms with Crippen LogP contribution in [-0.2, 0) is 17.8 Å². The minimum Gasteiger partial charge on any atom is -0.463 e. The van der Waals surface area contributed by atoms with Crippen LogP contribution in [0.3, 0.4) is 0 Å². The largest absolute Gasteiger partial charge is 0.463 e. The van der Waals surface area contributed by atoms with Crippen LogP contribution in [0.15, 0.2) is 10.5 Å². The molecule has 0 radical (unpaired) electrons. The Kier molecular flexibility index (Phi) is 6.27. The van der Waals surface area contributed by atoms with E-state index in [1.165, 1.54) is 18.4 Å². The average Bonchev–Trinajstić information content (AvgIpc) is 2.79. The molecule has 0 saturated carbocycles. The van der Waals surface area contributed by atoms with Gasteiger partial charge in [0.05, 0.1) is 13.1 Å². The van der Waals surface area contributed by atoms with Gasteiger partial charge >= 0.3 is 0 Å². The summed E-state index contributed by atoms with van der Waals surface area (Å²) in [6.45, 7) is 11.4. The highest BCUT2D eigenvalue weighted by Crippen LogP contribution is 2.21. The SMILES string of the molecule is COCC1CCN(Cc2cc(C)c(CNC(C)C)o2)CC1. The number of methoxy groups -OCH3 is 1. The minimum atomic E-state index is 0.484. The molecule has 0 atom stereocenters. The molecule has 0 unspecified atom stereocenters. The van der Waals surface area contributed by atoms with Crippen molar-refractivity contribution in [2.75, 3.05) is 26.8 Å². The highest BCUT2D eigenvalue weighted by Gasteiger charge is 2.20. The van der Waals surface area contributed by atoms with E-state index in [0.29, 0.717) is 6.04 Å². The first kappa shape index (κ1) is 16.5. The fraction of sp³-hybridized carbons (Fsp3) is 0.765. The summed E-state index contributed by atoms with van der Waals surface area (Å²) in [5, 5.41) is 3.42. The zero-order valence-electron chi connectivity index (χ0n) is 13.9. The third-order valence-electron chi connectivity index (χ3n) is 4.23. The average molecular weight is 294 g/mol. The summed E-state index contributed by atoms with van der Waals surface area (Å²) < 4.78 is 11.3. The van der Waals surface area contributed by atoms with Crippen LogP contribution in [-0.4, -0.2) is 37.7 Å². The second-order valence-electron chi connectivity index (χ2n) is 6.53.